The van der Waals surface area contributed by atoms with Crippen LogP contribution in [-0.2, 0) is 9.59 Å². The molecule has 0 aliphatic heterocycles. The van der Waals surface area contributed by atoms with E-state index in [1.165, 1.54) is 0 Å². The first kappa shape index (κ1) is 13.4. The van der Waals surface area contributed by atoms with E-state index in [9.17, 15) is 27.2 Å². The van der Waals surface area contributed by atoms with Gasteiger partial charge >= 0.3 is 11.8 Å². The molecule has 0 aromatic rings. The standard InChI is InChI=1S/C7H7ClF4O2/c1-5(2,6(9,10)3-13)7(11,12)4(8)14/h3H,1-2H3. The summed E-state index contributed by atoms with van der Waals surface area (Å²) in [5.74, 6) is -8.81. The molecule has 0 saturated carbocycles. The van der Waals surface area contributed by atoms with Gasteiger partial charge in [0, 0.05) is 0 Å². The summed E-state index contributed by atoms with van der Waals surface area (Å²) in [5, 5.41) is -2.22. The molecule has 0 radical (unpaired) electrons. The molecule has 0 fully saturated rings. The quantitative estimate of drug-likeness (QED) is 0.425. The Bertz CT molecular complexity index is 262. The van der Waals surface area contributed by atoms with Crippen molar-refractivity contribution in [2.24, 2.45) is 5.41 Å². The van der Waals surface area contributed by atoms with E-state index in [0.717, 1.165) is 0 Å². The minimum atomic E-state index is -4.47. The molecule has 0 atom stereocenters. The lowest BCUT2D eigenvalue weighted by molar-refractivity contribution is -0.207. The number of carbonyl (C=O) groups is 2. The molecule has 2 nitrogen and oxygen atoms in total. The van der Waals surface area contributed by atoms with Gasteiger partial charge in [0.1, 0.15) is 5.41 Å². The van der Waals surface area contributed by atoms with E-state index in [4.69, 9.17) is 0 Å². The summed E-state index contributed by atoms with van der Waals surface area (Å²) < 4.78 is 51.2. The topological polar surface area (TPSA) is 34.1 Å². The fourth-order valence-electron chi connectivity index (χ4n) is 0.602. The van der Waals surface area contributed by atoms with E-state index in [1.54, 1.807) is 0 Å². The van der Waals surface area contributed by atoms with Crippen LogP contribution in [0.3, 0.4) is 0 Å². The maximum absolute atomic E-state index is 12.9. The van der Waals surface area contributed by atoms with Crippen LogP contribution >= 0.6 is 11.6 Å². The molecule has 7 heteroatoms. The highest BCUT2D eigenvalue weighted by Crippen LogP contribution is 2.47. The molecule has 0 amide bonds. The number of rotatable bonds is 4. The zero-order chi connectivity index (χ0) is 11.8. The van der Waals surface area contributed by atoms with E-state index in [2.05, 4.69) is 11.6 Å². The minimum absolute atomic E-state index is 0.391. The Morgan fingerprint density at radius 2 is 1.57 bits per heavy atom. The third kappa shape index (κ3) is 1.75. The molecule has 0 aromatic carbocycles. The van der Waals surface area contributed by atoms with Gasteiger partial charge in [0.15, 0.2) is 6.29 Å². The number of aldehydes is 1. The number of hydrogen-bond donors (Lipinski definition) is 0. The van der Waals surface area contributed by atoms with E-state index >= 15 is 0 Å². The lowest BCUT2D eigenvalue weighted by Crippen LogP contribution is -2.53. The van der Waals surface area contributed by atoms with Gasteiger partial charge < -0.3 is 0 Å². The van der Waals surface area contributed by atoms with Crippen LogP contribution < -0.4 is 0 Å². The number of hydrogen-bond acceptors (Lipinski definition) is 2. The third-order valence-electron chi connectivity index (χ3n) is 2.01. The number of halogens is 5. The van der Waals surface area contributed by atoms with Crippen LogP contribution in [-0.4, -0.2) is 23.4 Å². The summed E-state index contributed by atoms with van der Waals surface area (Å²) in [7, 11) is 0. The SMILES string of the molecule is CC(C)(C(F)(F)C=O)C(F)(F)C(=O)Cl. The Morgan fingerprint density at radius 3 is 1.79 bits per heavy atom. The molecule has 82 valence electrons. The van der Waals surface area contributed by atoms with Crippen molar-refractivity contribution in [3.8, 4) is 0 Å². The first-order chi connectivity index (χ1) is 6.00. The smallest absolute Gasteiger partial charge is 0.297 e. The highest BCUT2D eigenvalue weighted by molar-refractivity contribution is 6.65. The third-order valence-corrected chi connectivity index (χ3v) is 2.25. The zero-order valence-corrected chi connectivity index (χ0v) is 8.04. The molecule has 0 spiro atoms. The van der Waals surface area contributed by atoms with Crippen LogP contribution in [0.2, 0.25) is 0 Å². The molecule has 0 unspecified atom stereocenters. The molecule has 0 N–H and O–H groups in total. The van der Waals surface area contributed by atoms with Crippen LogP contribution in [0.25, 0.3) is 0 Å². The highest BCUT2D eigenvalue weighted by Gasteiger charge is 2.65. The Hall–Kier alpha value is -0.650. The van der Waals surface area contributed by atoms with Gasteiger partial charge in [-0.15, -0.1) is 0 Å². The molecule has 14 heavy (non-hydrogen) atoms. The van der Waals surface area contributed by atoms with Crippen molar-refractivity contribution in [3.05, 3.63) is 0 Å². The summed E-state index contributed by atoms with van der Waals surface area (Å²) in [4.78, 5) is 20.1. The van der Waals surface area contributed by atoms with Gasteiger partial charge in [0.05, 0.1) is 0 Å². The van der Waals surface area contributed by atoms with Crippen molar-refractivity contribution >= 4 is 23.1 Å². The molecule has 0 aromatic heterocycles. The van der Waals surface area contributed by atoms with E-state index in [-0.39, 0.29) is 0 Å². The van der Waals surface area contributed by atoms with Crippen LogP contribution in [0.4, 0.5) is 17.6 Å². The van der Waals surface area contributed by atoms with E-state index in [1.807, 2.05) is 0 Å². The Kier molecular flexibility index (Phi) is 3.33. The number of carbonyl (C=O) groups excluding carboxylic acids is 2. The molecular formula is C7H7ClF4O2. The molecule has 0 saturated heterocycles. The van der Waals surface area contributed by atoms with Gasteiger partial charge in [0.25, 0.3) is 5.24 Å². The van der Waals surface area contributed by atoms with Gasteiger partial charge in [-0.3, -0.25) is 9.59 Å². The van der Waals surface area contributed by atoms with Gasteiger partial charge in [-0.1, -0.05) is 0 Å². The minimum Gasteiger partial charge on any atom is -0.297 e. The van der Waals surface area contributed by atoms with Crippen LogP contribution in [0.5, 0.6) is 0 Å². The summed E-state index contributed by atoms with van der Waals surface area (Å²) in [6.07, 6.45) is -0.930. The fraction of sp³-hybridized carbons (Fsp3) is 0.714. The summed E-state index contributed by atoms with van der Waals surface area (Å²) in [5.41, 5.74) is -3.15. The Morgan fingerprint density at radius 1 is 1.21 bits per heavy atom. The number of alkyl halides is 4. The van der Waals surface area contributed by atoms with Crippen molar-refractivity contribution in [2.75, 3.05) is 0 Å². The predicted molar refractivity (Wildman–Crippen MR) is 40.6 cm³/mol. The molecule has 0 aliphatic rings. The second kappa shape index (κ2) is 3.49. The van der Waals surface area contributed by atoms with Crippen LogP contribution in [0.1, 0.15) is 13.8 Å². The molecular weight excluding hydrogens is 228 g/mol. The maximum Gasteiger partial charge on any atom is 0.331 e. The Balaban J connectivity index is 5.35. The van der Waals surface area contributed by atoms with Crippen LogP contribution in [0, 0.1) is 5.41 Å². The van der Waals surface area contributed by atoms with Gasteiger partial charge in [-0.25, -0.2) is 0 Å². The van der Waals surface area contributed by atoms with E-state index < -0.39 is 28.8 Å². The highest BCUT2D eigenvalue weighted by atomic mass is 35.5. The molecule has 0 rings (SSSR count). The second-order valence-corrected chi connectivity index (χ2v) is 3.56. The molecule has 0 heterocycles. The van der Waals surface area contributed by atoms with Gasteiger partial charge in [0.2, 0.25) is 0 Å². The second-order valence-electron chi connectivity index (χ2n) is 3.21. The summed E-state index contributed by atoms with van der Waals surface area (Å²) in [6, 6.07) is 0. The Labute approximate surface area is 82.2 Å². The van der Waals surface area contributed by atoms with Crippen molar-refractivity contribution in [3.63, 3.8) is 0 Å². The fourth-order valence-corrected chi connectivity index (χ4v) is 0.839. The lowest BCUT2D eigenvalue weighted by atomic mass is 9.80. The molecule has 0 aliphatic carbocycles. The maximum atomic E-state index is 12.9. The summed E-state index contributed by atoms with van der Waals surface area (Å²) in [6.45, 7) is 0.781. The van der Waals surface area contributed by atoms with E-state index in [0.29, 0.717) is 13.8 Å². The first-order valence-electron chi connectivity index (χ1n) is 3.42. The lowest BCUT2D eigenvalue weighted by Gasteiger charge is -2.34. The normalized spacial score (nSPS) is 13.9. The van der Waals surface area contributed by atoms with Crippen molar-refractivity contribution in [1.82, 2.24) is 0 Å². The van der Waals surface area contributed by atoms with Gasteiger partial charge in [-0.2, -0.15) is 17.6 Å². The largest absolute Gasteiger partial charge is 0.331 e. The monoisotopic (exact) mass is 234 g/mol. The first-order valence-corrected chi connectivity index (χ1v) is 3.80. The van der Waals surface area contributed by atoms with Gasteiger partial charge in [-0.05, 0) is 25.4 Å². The van der Waals surface area contributed by atoms with Crippen molar-refractivity contribution in [1.29, 1.82) is 0 Å². The average Bonchev–Trinajstić information content (AvgIpc) is 2.03. The van der Waals surface area contributed by atoms with Crippen molar-refractivity contribution < 1.29 is 27.2 Å². The molecule has 0 bridgehead atoms. The predicted octanol–water partition coefficient (Wildman–Crippen LogP) is 2.25. The van der Waals surface area contributed by atoms with Crippen LogP contribution in [0.15, 0.2) is 0 Å². The summed E-state index contributed by atoms with van der Waals surface area (Å²) >= 11 is 4.48. The van der Waals surface area contributed by atoms with Crippen molar-refractivity contribution in [2.45, 2.75) is 25.7 Å². The average molecular weight is 235 g/mol. The zero-order valence-electron chi connectivity index (χ0n) is 7.28.